The van der Waals surface area contributed by atoms with Gasteiger partial charge in [-0.15, -0.1) is 0 Å². The van der Waals surface area contributed by atoms with Crippen molar-refractivity contribution in [3.05, 3.63) is 81.8 Å². The SMILES string of the molecule is NC(c1ccc2cc(Br)ccc2c1)c1cccc(F)c1F. The third-order valence-electron chi connectivity index (χ3n) is 3.50. The second-order valence-electron chi connectivity index (χ2n) is 4.87. The van der Waals surface area contributed by atoms with E-state index in [0.29, 0.717) is 0 Å². The molecule has 1 nitrogen and oxygen atoms in total. The molecule has 0 saturated carbocycles. The number of fused-ring (bicyclic) bond motifs is 1. The molecule has 0 saturated heterocycles. The third-order valence-corrected chi connectivity index (χ3v) is 4.00. The Bertz CT molecular complexity index is 817. The van der Waals surface area contributed by atoms with Crippen LogP contribution in [0.15, 0.2) is 59.1 Å². The van der Waals surface area contributed by atoms with Crippen LogP contribution in [0.5, 0.6) is 0 Å². The molecule has 2 N–H and O–H groups in total. The summed E-state index contributed by atoms with van der Waals surface area (Å²) in [6, 6.07) is 14.9. The summed E-state index contributed by atoms with van der Waals surface area (Å²) < 4.78 is 28.1. The van der Waals surface area contributed by atoms with Crippen molar-refractivity contribution in [2.45, 2.75) is 6.04 Å². The van der Waals surface area contributed by atoms with Crippen LogP contribution >= 0.6 is 15.9 Å². The maximum absolute atomic E-state index is 13.8. The minimum Gasteiger partial charge on any atom is -0.320 e. The Labute approximate surface area is 129 Å². The van der Waals surface area contributed by atoms with Gasteiger partial charge in [-0.05, 0) is 40.6 Å². The van der Waals surface area contributed by atoms with Gasteiger partial charge in [0.05, 0.1) is 6.04 Å². The minimum absolute atomic E-state index is 0.159. The third kappa shape index (κ3) is 2.69. The van der Waals surface area contributed by atoms with Crippen molar-refractivity contribution in [1.82, 2.24) is 0 Å². The van der Waals surface area contributed by atoms with E-state index in [0.717, 1.165) is 26.9 Å². The van der Waals surface area contributed by atoms with Gasteiger partial charge in [0.2, 0.25) is 0 Å². The molecule has 0 aliphatic rings. The Morgan fingerprint density at radius 3 is 2.43 bits per heavy atom. The lowest BCUT2D eigenvalue weighted by Gasteiger charge is -2.14. The predicted octanol–water partition coefficient (Wildman–Crippen LogP) is 4.93. The maximum atomic E-state index is 13.8. The molecule has 3 aromatic carbocycles. The summed E-state index contributed by atoms with van der Waals surface area (Å²) in [6.07, 6.45) is 0. The zero-order chi connectivity index (χ0) is 15.0. The first-order chi connectivity index (χ1) is 10.1. The highest BCUT2D eigenvalue weighted by molar-refractivity contribution is 9.10. The van der Waals surface area contributed by atoms with Crippen molar-refractivity contribution < 1.29 is 8.78 Å². The van der Waals surface area contributed by atoms with E-state index in [9.17, 15) is 8.78 Å². The molecule has 21 heavy (non-hydrogen) atoms. The normalized spacial score (nSPS) is 12.6. The molecule has 0 aliphatic carbocycles. The summed E-state index contributed by atoms with van der Waals surface area (Å²) >= 11 is 3.42. The van der Waals surface area contributed by atoms with Crippen molar-refractivity contribution in [1.29, 1.82) is 0 Å². The molecule has 3 rings (SSSR count). The minimum atomic E-state index is -0.888. The van der Waals surface area contributed by atoms with Crippen molar-refractivity contribution in [3.8, 4) is 0 Å². The second kappa shape index (κ2) is 5.54. The second-order valence-corrected chi connectivity index (χ2v) is 5.79. The molecule has 1 atom stereocenters. The Morgan fingerprint density at radius 2 is 1.62 bits per heavy atom. The number of rotatable bonds is 2. The molecule has 0 fully saturated rings. The molecular formula is C17H12BrF2N. The number of benzene rings is 3. The van der Waals surface area contributed by atoms with Crippen LogP contribution in [0.3, 0.4) is 0 Å². The molecule has 0 bridgehead atoms. The van der Waals surface area contributed by atoms with Crippen molar-refractivity contribution >= 4 is 26.7 Å². The average Bonchev–Trinajstić information content (AvgIpc) is 2.49. The maximum Gasteiger partial charge on any atom is 0.163 e. The van der Waals surface area contributed by atoms with E-state index in [4.69, 9.17) is 5.73 Å². The summed E-state index contributed by atoms with van der Waals surface area (Å²) in [4.78, 5) is 0. The van der Waals surface area contributed by atoms with Gasteiger partial charge < -0.3 is 5.73 Å². The van der Waals surface area contributed by atoms with Crippen LogP contribution in [-0.4, -0.2) is 0 Å². The fraction of sp³-hybridized carbons (Fsp3) is 0.0588. The van der Waals surface area contributed by atoms with Crippen LogP contribution < -0.4 is 5.73 Å². The first kappa shape index (κ1) is 14.2. The monoisotopic (exact) mass is 347 g/mol. The van der Waals surface area contributed by atoms with Gasteiger partial charge in [0.15, 0.2) is 11.6 Å². The van der Waals surface area contributed by atoms with E-state index in [2.05, 4.69) is 15.9 Å². The van der Waals surface area contributed by atoms with Gasteiger partial charge in [-0.2, -0.15) is 0 Å². The van der Waals surface area contributed by atoms with Crippen molar-refractivity contribution in [2.75, 3.05) is 0 Å². The summed E-state index contributed by atoms with van der Waals surface area (Å²) in [7, 11) is 0. The van der Waals surface area contributed by atoms with Gasteiger partial charge >= 0.3 is 0 Å². The molecule has 3 aromatic rings. The molecule has 0 heterocycles. The lowest BCUT2D eigenvalue weighted by atomic mass is 9.96. The summed E-state index contributed by atoms with van der Waals surface area (Å²) in [6.45, 7) is 0. The number of hydrogen-bond donors (Lipinski definition) is 1. The number of halogens is 3. The fourth-order valence-electron chi connectivity index (χ4n) is 2.37. The summed E-state index contributed by atoms with van der Waals surface area (Å²) in [5, 5.41) is 2.06. The first-order valence-electron chi connectivity index (χ1n) is 6.45. The molecule has 0 aromatic heterocycles. The van der Waals surface area contributed by atoms with Gasteiger partial charge in [-0.25, -0.2) is 8.78 Å². The van der Waals surface area contributed by atoms with E-state index in [-0.39, 0.29) is 5.56 Å². The first-order valence-corrected chi connectivity index (χ1v) is 7.24. The molecular weight excluding hydrogens is 336 g/mol. The van der Waals surface area contributed by atoms with Gasteiger partial charge in [0, 0.05) is 10.0 Å². The lowest BCUT2D eigenvalue weighted by Crippen LogP contribution is -2.14. The molecule has 0 radical (unpaired) electrons. The van der Waals surface area contributed by atoms with Crippen LogP contribution in [0.1, 0.15) is 17.2 Å². The molecule has 4 heteroatoms. The van der Waals surface area contributed by atoms with Crippen molar-refractivity contribution in [2.24, 2.45) is 5.73 Å². The van der Waals surface area contributed by atoms with Crippen LogP contribution in [0, 0.1) is 11.6 Å². The highest BCUT2D eigenvalue weighted by Gasteiger charge is 2.16. The average molecular weight is 348 g/mol. The topological polar surface area (TPSA) is 26.0 Å². The Hall–Kier alpha value is -1.78. The molecule has 1 unspecified atom stereocenters. The smallest absolute Gasteiger partial charge is 0.163 e. The Kier molecular flexibility index (Phi) is 3.74. The van der Waals surface area contributed by atoms with E-state index < -0.39 is 17.7 Å². The van der Waals surface area contributed by atoms with E-state index >= 15 is 0 Å². The number of hydrogen-bond acceptors (Lipinski definition) is 1. The zero-order valence-corrected chi connectivity index (χ0v) is 12.6. The molecule has 0 aliphatic heterocycles. The summed E-state index contributed by atoms with van der Waals surface area (Å²) in [5.41, 5.74) is 6.99. The quantitative estimate of drug-likeness (QED) is 0.698. The van der Waals surface area contributed by atoms with E-state index in [1.165, 1.54) is 12.1 Å². The zero-order valence-electron chi connectivity index (χ0n) is 11.0. The lowest BCUT2D eigenvalue weighted by molar-refractivity contribution is 0.494. The van der Waals surface area contributed by atoms with Gasteiger partial charge in [-0.1, -0.05) is 46.3 Å². The number of nitrogens with two attached hydrogens (primary N) is 1. The van der Waals surface area contributed by atoms with E-state index in [1.54, 1.807) is 0 Å². The summed E-state index contributed by atoms with van der Waals surface area (Å²) in [5.74, 6) is -1.77. The predicted molar refractivity (Wildman–Crippen MR) is 84.0 cm³/mol. The van der Waals surface area contributed by atoms with Gasteiger partial charge in [0.25, 0.3) is 0 Å². The van der Waals surface area contributed by atoms with Gasteiger partial charge in [-0.3, -0.25) is 0 Å². The van der Waals surface area contributed by atoms with E-state index in [1.807, 2.05) is 36.4 Å². The van der Waals surface area contributed by atoms with Gasteiger partial charge in [0.1, 0.15) is 0 Å². The Balaban J connectivity index is 2.07. The fourth-order valence-corrected chi connectivity index (χ4v) is 2.75. The van der Waals surface area contributed by atoms with Crippen molar-refractivity contribution in [3.63, 3.8) is 0 Å². The van der Waals surface area contributed by atoms with Crippen LogP contribution in [0.25, 0.3) is 10.8 Å². The molecule has 0 amide bonds. The largest absolute Gasteiger partial charge is 0.320 e. The van der Waals surface area contributed by atoms with Crippen LogP contribution in [0.4, 0.5) is 8.78 Å². The molecule has 0 spiro atoms. The highest BCUT2D eigenvalue weighted by Crippen LogP contribution is 2.27. The highest BCUT2D eigenvalue weighted by atomic mass is 79.9. The van der Waals surface area contributed by atoms with Crippen LogP contribution in [-0.2, 0) is 0 Å². The Morgan fingerprint density at radius 1 is 0.905 bits per heavy atom. The van der Waals surface area contributed by atoms with Crippen LogP contribution in [0.2, 0.25) is 0 Å². The molecule has 106 valence electrons. The standard InChI is InChI=1S/C17H12BrF2N/c18-13-7-6-10-8-12(5-4-11(10)9-13)17(21)14-2-1-3-15(19)16(14)20/h1-9,17H,21H2.